The number of likely N-dealkylation sites (tertiary alicyclic amines) is 1. The molecule has 0 radical (unpaired) electrons. The lowest BCUT2D eigenvalue weighted by Gasteiger charge is -2.31. The van der Waals surface area contributed by atoms with Crippen molar-refractivity contribution in [3.05, 3.63) is 76.4 Å². The first-order valence-corrected chi connectivity index (χ1v) is 14.1. The van der Waals surface area contributed by atoms with Crippen LogP contribution in [-0.4, -0.2) is 46.3 Å². The van der Waals surface area contributed by atoms with Crippen molar-refractivity contribution in [2.24, 2.45) is 5.92 Å². The Morgan fingerprint density at radius 2 is 1.83 bits per heavy atom. The minimum atomic E-state index is -4.50. The van der Waals surface area contributed by atoms with Gasteiger partial charge in [-0.3, -0.25) is 9.59 Å². The Balaban J connectivity index is 1.52. The van der Waals surface area contributed by atoms with Gasteiger partial charge in [0.2, 0.25) is 0 Å². The lowest BCUT2D eigenvalue weighted by molar-refractivity contribution is -0.149. The zero-order valence-corrected chi connectivity index (χ0v) is 24.1. The normalized spacial score (nSPS) is 16.3. The highest BCUT2D eigenvalue weighted by Crippen LogP contribution is 2.33. The monoisotopic (exact) mass is 589 g/mol. The first kappa shape index (κ1) is 31.1. The molecule has 4 rings (SSSR count). The number of hydrogen-bond acceptors (Lipinski definition) is 5. The third-order valence-corrected chi connectivity index (χ3v) is 7.36. The van der Waals surface area contributed by atoms with Crippen LogP contribution in [0.15, 0.2) is 42.7 Å². The van der Waals surface area contributed by atoms with E-state index in [1.165, 1.54) is 21.7 Å². The van der Waals surface area contributed by atoms with E-state index in [9.17, 15) is 22.8 Å². The van der Waals surface area contributed by atoms with Crippen molar-refractivity contribution in [2.45, 2.75) is 65.7 Å². The standard InChI is InChI=1S/C31H35F4N3O4/c1-5-8-27(42-24-13-19(3)28(20(4)14-24)38-18-23(16-36-38)31(33,34)35)21-10-11-25(26(32)15-21)29(39)37-12-7-9-22(17-37)30(40)41-6-2/h10-11,13-16,18,22,27H,5-9,12,17H2,1-4H3/t22-,27?/m1/s1. The van der Waals surface area contributed by atoms with E-state index in [-0.39, 0.29) is 24.7 Å². The second-order valence-electron chi connectivity index (χ2n) is 10.6. The third-order valence-electron chi connectivity index (χ3n) is 7.36. The van der Waals surface area contributed by atoms with Crippen LogP contribution < -0.4 is 4.74 Å². The fourth-order valence-corrected chi connectivity index (χ4v) is 5.35. The topological polar surface area (TPSA) is 73.7 Å². The summed E-state index contributed by atoms with van der Waals surface area (Å²) < 4.78 is 67.2. The Labute approximate surface area is 242 Å². The molecule has 1 saturated heterocycles. The van der Waals surface area contributed by atoms with Gasteiger partial charge in [0.25, 0.3) is 5.91 Å². The first-order valence-electron chi connectivity index (χ1n) is 14.1. The fourth-order valence-electron chi connectivity index (χ4n) is 5.35. The molecule has 11 heteroatoms. The summed E-state index contributed by atoms with van der Waals surface area (Å²) in [6, 6.07) is 7.84. The molecule has 1 aromatic heterocycles. The first-order chi connectivity index (χ1) is 19.9. The lowest BCUT2D eigenvalue weighted by Crippen LogP contribution is -2.43. The fraction of sp³-hybridized carbons (Fsp3) is 0.452. The smallest absolute Gasteiger partial charge is 0.419 e. The molecule has 0 saturated carbocycles. The number of halogens is 4. The van der Waals surface area contributed by atoms with Crippen LogP contribution in [0, 0.1) is 25.6 Å². The van der Waals surface area contributed by atoms with E-state index in [1.54, 1.807) is 39.0 Å². The number of alkyl halides is 3. The third kappa shape index (κ3) is 6.94. The summed E-state index contributed by atoms with van der Waals surface area (Å²) in [6.45, 7) is 8.09. The molecule has 2 aromatic carbocycles. The Kier molecular flexibility index (Phi) is 9.58. The van der Waals surface area contributed by atoms with E-state index < -0.39 is 35.5 Å². The van der Waals surface area contributed by atoms with Crippen LogP contribution in [0.25, 0.3) is 5.69 Å². The molecule has 2 heterocycles. The maximum atomic E-state index is 15.3. The molecule has 0 spiro atoms. The summed E-state index contributed by atoms with van der Waals surface area (Å²) in [5.74, 6) is -1.45. The van der Waals surface area contributed by atoms with Gasteiger partial charge in [-0.05, 0) is 81.0 Å². The second kappa shape index (κ2) is 13.0. The number of carbonyl (C=O) groups is 2. The summed E-state index contributed by atoms with van der Waals surface area (Å²) in [4.78, 5) is 26.8. The second-order valence-corrected chi connectivity index (χ2v) is 10.6. The van der Waals surface area contributed by atoms with Gasteiger partial charge in [0.05, 0.1) is 35.5 Å². The molecule has 1 unspecified atom stereocenters. The van der Waals surface area contributed by atoms with Crippen molar-refractivity contribution in [3.8, 4) is 11.4 Å². The number of hydrogen-bond donors (Lipinski definition) is 0. The minimum absolute atomic E-state index is 0.0769. The van der Waals surface area contributed by atoms with E-state index in [0.717, 1.165) is 18.8 Å². The number of ether oxygens (including phenoxy) is 2. The van der Waals surface area contributed by atoms with Crippen molar-refractivity contribution in [3.63, 3.8) is 0 Å². The van der Waals surface area contributed by atoms with E-state index >= 15 is 4.39 Å². The molecule has 1 fully saturated rings. The van der Waals surface area contributed by atoms with Gasteiger partial charge in [-0.15, -0.1) is 0 Å². The molecule has 1 aliphatic rings. The number of aromatic nitrogens is 2. The highest BCUT2D eigenvalue weighted by atomic mass is 19.4. The summed E-state index contributed by atoms with van der Waals surface area (Å²) in [5, 5.41) is 3.89. The SMILES string of the molecule is CCCC(Oc1cc(C)c(-n2cc(C(F)(F)F)cn2)c(C)c1)c1ccc(C(=O)N2CCC[C@@H](C(=O)OCC)C2)c(F)c1. The summed E-state index contributed by atoms with van der Waals surface area (Å²) in [6.07, 6.45) is -0.740. The average Bonchev–Trinajstić information content (AvgIpc) is 3.43. The van der Waals surface area contributed by atoms with Gasteiger partial charge in [0.1, 0.15) is 17.7 Å². The zero-order valence-electron chi connectivity index (χ0n) is 24.1. The van der Waals surface area contributed by atoms with Crippen molar-refractivity contribution < 1.29 is 36.6 Å². The van der Waals surface area contributed by atoms with E-state index in [2.05, 4.69) is 5.10 Å². The number of amides is 1. The van der Waals surface area contributed by atoms with Gasteiger partial charge in [-0.2, -0.15) is 18.3 Å². The zero-order chi connectivity index (χ0) is 30.6. The highest BCUT2D eigenvalue weighted by Gasteiger charge is 2.33. The Hall–Kier alpha value is -3.89. The number of benzene rings is 2. The number of rotatable bonds is 9. The predicted octanol–water partition coefficient (Wildman–Crippen LogP) is 6.98. The number of nitrogens with zero attached hydrogens (tertiary/aromatic N) is 3. The molecule has 0 aliphatic carbocycles. The average molecular weight is 590 g/mol. The molecule has 7 nitrogen and oxygen atoms in total. The quantitative estimate of drug-likeness (QED) is 0.199. The van der Waals surface area contributed by atoms with Gasteiger partial charge in [-0.25, -0.2) is 9.07 Å². The molecule has 2 atom stereocenters. The van der Waals surface area contributed by atoms with E-state index in [1.807, 2.05) is 6.92 Å². The molecule has 0 bridgehead atoms. The lowest BCUT2D eigenvalue weighted by atomic mass is 9.97. The van der Waals surface area contributed by atoms with Crippen LogP contribution in [0.5, 0.6) is 5.75 Å². The van der Waals surface area contributed by atoms with Gasteiger partial charge in [-0.1, -0.05) is 19.4 Å². The van der Waals surface area contributed by atoms with E-state index in [4.69, 9.17) is 9.47 Å². The number of esters is 1. The van der Waals surface area contributed by atoms with Crippen molar-refractivity contribution >= 4 is 11.9 Å². The molecule has 0 N–H and O–H groups in total. The van der Waals surface area contributed by atoms with Crippen LogP contribution in [0.4, 0.5) is 17.6 Å². The number of piperidine rings is 1. The molecule has 1 amide bonds. The van der Waals surface area contributed by atoms with Crippen molar-refractivity contribution in [1.82, 2.24) is 14.7 Å². The van der Waals surface area contributed by atoms with E-state index in [0.29, 0.717) is 53.9 Å². The van der Waals surface area contributed by atoms with Gasteiger partial charge < -0.3 is 14.4 Å². The summed E-state index contributed by atoms with van der Waals surface area (Å²) >= 11 is 0. The van der Waals surface area contributed by atoms with Gasteiger partial charge in [0.15, 0.2) is 0 Å². The Morgan fingerprint density at radius 3 is 2.43 bits per heavy atom. The van der Waals surface area contributed by atoms with Crippen LogP contribution in [-0.2, 0) is 15.7 Å². The largest absolute Gasteiger partial charge is 0.486 e. The molecule has 226 valence electrons. The summed E-state index contributed by atoms with van der Waals surface area (Å²) in [5.41, 5.74) is 1.47. The molecular weight excluding hydrogens is 554 g/mol. The van der Waals surface area contributed by atoms with Crippen LogP contribution >= 0.6 is 0 Å². The number of carbonyl (C=O) groups excluding carboxylic acids is 2. The number of aryl methyl sites for hydroxylation is 2. The molecule has 3 aromatic rings. The Bertz CT molecular complexity index is 1410. The van der Waals surface area contributed by atoms with Crippen LogP contribution in [0.1, 0.15) is 78.2 Å². The maximum absolute atomic E-state index is 15.3. The van der Waals surface area contributed by atoms with Gasteiger partial charge in [0, 0.05) is 19.3 Å². The Morgan fingerprint density at radius 1 is 1.12 bits per heavy atom. The molecule has 42 heavy (non-hydrogen) atoms. The summed E-state index contributed by atoms with van der Waals surface area (Å²) in [7, 11) is 0. The minimum Gasteiger partial charge on any atom is -0.486 e. The van der Waals surface area contributed by atoms with Crippen molar-refractivity contribution in [1.29, 1.82) is 0 Å². The van der Waals surface area contributed by atoms with Crippen LogP contribution in [0.3, 0.4) is 0 Å². The highest BCUT2D eigenvalue weighted by molar-refractivity contribution is 5.95. The maximum Gasteiger partial charge on any atom is 0.419 e. The van der Waals surface area contributed by atoms with Gasteiger partial charge >= 0.3 is 12.1 Å². The van der Waals surface area contributed by atoms with Crippen molar-refractivity contribution in [2.75, 3.05) is 19.7 Å². The molecular formula is C31H35F4N3O4. The molecule has 1 aliphatic heterocycles. The van der Waals surface area contributed by atoms with Crippen LogP contribution in [0.2, 0.25) is 0 Å². The predicted molar refractivity (Wildman–Crippen MR) is 148 cm³/mol.